The molecule has 0 bridgehead atoms. The van der Waals surface area contributed by atoms with Crippen molar-refractivity contribution in [2.24, 2.45) is 5.84 Å². The molecule has 1 aromatic carbocycles. The van der Waals surface area contributed by atoms with Gasteiger partial charge < -0.3 is 9.88 Å². The number of hydrogen-bond acceptors (Lipinski definition) is 7. The van der Waals surface area contributed by atoms with Crippen molar-refractivity contribution in [3.63, 3.8) is 0 Å². The molecule has 1 amide bonds. The molecule has 1 aliphatic heterocycles. The maximum Gasteiger partial charge on any atom is 0.265 e. The van der Waals surface area contributed by atoms with Crippen LogP contribution in [0.3, 0.4) is 0 Å². The fourth-order valence-corrected chi connectivity index (χ4v) is 3.74. The Morgan fingerprint density at radius 2 is 1.80 bits per heavy atom. The lowest BCUT2D eigenvalue weighted by atomic mass is 9.90. The Kier molecular flexibility index (Phi) is 7.60. The molecule has 1 atom stereocenters. The number of hydrazine groups is 1. The van der Waals surface area contributed by atoms with Crippen LogP contribution in [0.2, 0.25) is 0 Å². The summed E-state index contributed by atoms with van der Waals surface area (Å²) in [7, 11) is -7.33. The maximum atomic E-state index is 11.7. The van der Waals surface area contributed by atoms with Gasteiger partial charge in [0.2, 0.25) is 0 Å². The van der Waals surface area contributed by atoms with E-state index >= 15 is 0 Å². The molecule has 6 N–H and O–H groups in total. The maximum absolute atomic E-state index is 11.7. The minimum atomic E-state index is -3.67. The largest absolute Gasteiger partial charge is 0.342 e. The topological polar surface area (TPSA) is 181 Å². The number of nitrogen functional groups attached to an aromatic ring is 1. The Morgan fingerprint density at radius 1 is 1.20 bits per heavy atom. The number of fused-ring (bicyclic) bond motifs is 3. The number of nitrogens with zero attached hydrogens (tertiary/aromatic N) is 1. The molecular weight excluding hydrogens is 436 g/mol. The zero-order chi connectivity index (χ0) is 22.7. The van der Waals surface area contributed by atoms with Crippen LogP contribution < -0.4 is 16.6 Å². The van der Waals surface area contributed by atoms with Gasteiger partial charge in [-0.15, -0.1) is 0 Å². The summed E-state index contributed by atoms with van der Waals surface area (Å²) in [6.45, 7) is 2.02. The standard InChI is InChI=1S/C15H18N4O.2CH4O3S/c16-18-15(20)9-4-5-13-11(8-9)10-2-1-3-12-14(10)19(13)7-6-17-12;2*1-5(2,3)4/h4-5,8,12,17H,1-3,6-7,16H2,(H,18,20);2*1H3,(H,2,3,4). The molecule has 2 aliphatic rings. The highest BCUT2D eigenvalue weighted by Gasteiger charge is 2.29. The van der Waals surface area contributed by atoms with Crippen molar-refractivity contribution >= 4 is 37.0 Å². The third kappa shape index (κ3) is 6.75. The highest BCUT2D eigenvalue weighted by molar-refractivity contribution is 7.85. The van der Waals surface area contributed by atoms with E-state index in [1.807, 2.05) is 12.1 Å². The van der Waals surface area contributed by atoms with Crippen molar-refractivity contribution in [2.75, 3.05) is 19.1 Å². The molecule has 0 saturated carbocycles. The van der Waals surface area contributed by atoms with E-state index in [9.17, 15) is 21.6 Å². The number of aryl methyl sites for hydroxylation is 1. The number of hydrogen-bond donors (Lipinski definition) is 5. The predicted molar refractivity (Wildman–Crippen MR) is 112 cm³/mol. The molecule has 2 aromatic rings. The molecular formula is C17H26N4O7S2. The van der Waals surface area contributed by atoms with Gasteiger partial charge in [0, 0.05) is 41.3 Å². The van der Waals surface area contributed by atoms with Crippen molar-refractivity contribution < 1.29 is 30.7 Å². The molecule has 2 heterocycles. The molecule has 11 nitrogen and oxygen atoms in total. The normalized spacial score (nSPS) is 17.7. The van der Waals surface area contributed by atoms with E-state index in [-0.39, 0.29) is 5.91 Å². The number of carbonyl (C=O) groups is 1. The Hall–Kier alpha value is -2.03. The lowest BCUT2D eigenvalue weighted by Gasteiger charge is -2.31. The van der Waals surface area contributed by atoms with Crippen LogP contribution in [0.4, 0.5) is 0 Å². The van der Waals surface area contributed by atoms with Crippen LogP contribution in [-0.4, -0.2) is 55.5 Å². The molecule has 4 rings (SSSR count). The highest BCUT2D eigenvalue weighted by Crippen LogP contribution is 2.39. The van der Waals surface area contributed by atoms with Gasteiger partial charge in [0.25, 0.3) is 26.1 Å². The first-order valence-corrected chi connectivity index (χ1v) is 12.7. The van der Waals surface area contributed by atoms with Crippen LogP contribution in [-0.2, 0) is 33.2 Å². The number of nitrogens with two attached hydrogens (primary N) is 1. The van der Waals surface area contributed by atoms with Crippen LogP contribution in [0.15, 0.2) is 18.2 Å². The number of carbonyl (C=O) groups excluding carboxylic acids is 1. The Morgan fingerprint density at radius 3 is 2.37 bits per heavy atom. The van der Waals surface area contributed by atoms with E-state index < -0.39 is 20.2 Å². The summed E-state index contributed by atoms with van der Waals surface area (Å²) in [5.41, 5.74) is 6.94. The molecule has 30 heavy (non-hydrogen) atoms. The average Bonchev–Trinajstić information content (AvgIpc) is 2.94. The summed E-state index contributed by atoms with van der Waals surface area (Å²) in [6.07, 6.45) is 4.95. The monoisotopic (exact) mass is 462 g/mol. The van der Waals surface area contributed by atoms with Crippen molar-refractivity contribution in [1.82, 2.24) is 15.3 Å². The number of benzene rings is 1. The van der Waals surface area contributed by atoms with Crippen LogP contribution in [0, 0.1) is 0 Å². The van der Waals surface area contributed by atoms with Gasteiger partial charge in [0.15, 0.2) is 0 Å². The van der Waals surface area contributed by atoms with E-state index in [1.54, 1.807) is 0 Å². The van der Waals surface area contributed by atoms with Gasteiger partial charge in [-0.05, 0) is 43.0 Å². The average molecular weight is 463 g/mol. The molecule has 168 valence electrons. The van der Waals surface area contributed by atoms with Gasteiger partial charge in [0.1, 0.15) is 0 Å². The predicted octanol–water partition coefficient (Wildman–Crippen LogP) is 0.233. The van der Waals surface area contributed by atoms with Gasteiger partial charge in [0.05, 0.1) is 12.5 Å². The molecule has 0 saturated heterocycles. The molecule has 0 spiro atoms. The Bertz CT molecular complexity index is 1090. The lowest BCUT2D eigenvalue weighted by molar-refractivity contribution is 0.0953. The minimum absolute atomic E-state index is 0.228. The van der Waals surface area contributed by atoms with Gasteiger partial charge in [-0.1, -0.05) is 0 Å². The van der Waals surface area contributed by atoms with E-state index in [2.05, 4.69) is 21.4 Å². The minimum Gasteiger partial charge on any atom is -0.342 e. The summed E-state index contributed by atoms with van der Waals surface area (Å²) >= 11 is 0. The summed E-state index contributed by atoms with van der Waals surface area (Å²) in [5, 5.41) is 4.82. The van der Waals surface area contributed by atoms with Crippen LogP contribution in [0.5, 0.6) is 0 Å². The number of aromatic nitrogens is 1. The van der Waals surface area contributed by atoms with Crippen molar-refractivity contribution in [3.8, 4) is 0 Å². The van der Waals surface area contributed by atoms with Crippen LogP contribution >= 0.6 is 0 Å². The summed E-state index contributed by atoms with van der Waals surface area (Å²) < 4.78 is 54.2. The number of nitrogens with one attached hydrogen (secondary N) is 2. The molecule has 0 radical (unpaired) electrons. The molecule has 1 aliphatic carbocycles. The summed E-state index contributed by atoms with van der Waals surface area (Å²) in [4.78, 5) is 11.7. The third-order valence-corrected chi connectivity index (χ3v) is 4.58. The second-order valence-electron chi connectivity index (χ2n) is 7.09. The second-order valence-corrected chi connectivity index (χ2v) is 10.0. The van der Waals surface area contributed by atoms with Crippen molar-refractivity contribution in [2.45, 2.75) is 31.8 Å². The quantitative estimate of drug-likeness (QED) is 0.171. The zero-order valence-electron chi connectivity index (χ0n) is 16.6. The molecule has 0 fully saturated rings. The van der Waals surface area contributed by atoms with E-state index in [4.69, 9.17) is 14.9 Å². The number of amides is 1. The smallest absolute Gasteiger partial charge is 0.265 e. The van der Waals surface area contributed by atoms with Gasteiger partial charge >= 0.3 is 0 Å². The third-order valence-electron chi connectivity index (χ3n) is 4.58. The van der Waals surface area contributed by atoms with E-state index in [0.29, 0.717) is 24.1 Å². The van der Waals surface area contributed by atoms with E-state index in [0.717, 1.165) is 19.5 Å². The Balaban J connectivity index is 0.000000271. The first-order chi connectivity index (χ1) is 13.8. The van der Waals surface area contributed by atoms with Gasteiger partial charge in [-0.2, -0.15) is 16.8 Å². The summed E-state index contributed by atoms with van der Waals surface area (Å²) in [6, 6.07) is 6.38. The second kappa shape index (κ2) is 9.41. The first-order valence-electron chi connectivity index (χ1n) is 9.04. The highest BCUT2D eigenvalue weighted by atomic mass is 32.2. The van der Waals surface area contributed by atoms with Crippen LogP contribution in [0.25, 0.3) is 10.9 Å². The number of rotatable bonds is 1. The summed E-state index contributed by atoms with van der Waals surface area (Å²) in [5.74, 6) is 5.01. The molecule has 1 aromatic heterocycles. The van der Waals surface area contributed by atoms with Crippen molar-refractivity contribution in [1.29, 1.82) is 0 Å². The Labute approximate surface area is 175 Å². The molecule has 13 heteroatoms. The fourth-order valence-electron chi connectivity index (χ4n) is 3.74. The lowest BCUT2D eigenvalue weighted by Crippen LogP contribution is -2.35. The zero-order valence-corrected chi connectivity index (χ0v) is 18.3. The first kappa shape index (κ1) is 24.2. The van der Waals surface area contributed by atoms with E-state index in [1.165, 1.54) is 35.0 Å². The van der Waals surface area contributed by atoms with Gasteiger partial charge in [-0.25, -0.2) is 5.84 Å². The van der Waals surface area contributed by atoms with Crippen LogP contribution in [0.1, 0.15) is 40.5 Å². The fraction of sp³-hybridized carbons (Fsp3) is 0.471. The van der Waals surface area contributed by atoms with Crippen molar-refractivity contribution in [3.05, 3.63) is 35.0 Å². The van der Waals surface area contributed by atoms with Gasteiger partial charge in [-0.3, -0.25) is 19.3 Å². The SMILES string of the molecule is CS(=O)(=O)O.CS(=O)(=O)O.NNC(=O)c1ccc2c(c1)c1c3n2CCNC3CCC1. The molecule has 1 unspecified atom stereocenters.